The van der Waals surface area contributed by atoms with Crippen molar-refractivity contribution in [3.05, 3.63) is 89.3 Å². The van der Waals surface area contributed by atoms with E-state index >= 15 is 0 Å². The number of rotatable bonds is 4. The number of Topliss-reactive ketones (excluding diaryl/α,β-unsaturated/α-hetero) is 1. The third-order valence-electron chi connectivity index (χ3n) is 5.55. The summed E-state index contributed by atoms with van der Waals surface area (Å²) in [5, 5.41) is 30.0. The summed E-state index contributed by atoms with van der Waals surface area (Å²) < 4.78 is 0. The monoisotopic (exact) mass is 456 g/mol. The minimum atomic E-state index is -1.13. The maximum absolute atomic E-state index is 13.2. The average Bonchev–Trinajstić information content (AvgIpc) is 3.37. The Kier molecular flexibility index (Phi) is 4.82. The van der Waals surface area contributed by atoms with Crippen molar-refractivity contribution in [2.75, 3.05) is 4.90 Å². The van der Waals surface area contributed by atoms with Gasteiger partial charge in [0.05, 0.1) is 28.2 Å². The van der Waals surface area contributed by atoms with Crippen molar-refractivity contribution >= 4 is 40.4 Å². The molecule has 1 atom stereocenters. The number of benzene rings is 2. The highest BCUT2D eigenvalue weighted by Crippen LogP contribution is 2.42. The van der Waals surface area contributed by atoms with Gasteiger partial charge < -0.3 is 20.3 Å². The van der Waals surface area contributed by atoms with Crippen LogP contribution >= 0.6 is 0 Å². The van der Waals surface area contributed by atoms with Gasteiger partial charge in [-0.05, 0) is 48.0 Å². The molecule has 0 spiro atoms. The molecule has 1 aliphatic rings. The lowest BCUT2D eigenvalue weighted by molar-refractivity contribution is -0.132. The average molecular weight is 456 g/mol. The number of carbonyl (C=O) groups excluding carboxylic acids is 2. The molecule has 1 amide bonds. The number of fused-ring (bicyclic) bond motifs is 1. The number of pyridine rings is 1. The van der Waals surface area contributed by atoms with Crippen LogP contribution in [0.25, 0.3) is 16.8 Å². The van der Waals surface area contributed by atoms with Crippen molar-refractivity contribution in [1.82, 2.24) is 15.0 Å². The van der Waals surface area contributed by atoms with Crippen molar-refractivity contribution in [2.24, 2.45) is 0 Å². The first-order chi connectivity index (χ1) is 16.3. The SMILES string of the molecule is O=C1C(=O)N(c2nc3ccc(C(=O)O)cc3[nH]2)C(c2ccc(O)cc2)/C1=C(\O)c1ccncc1. The molecule has 2 aromatic heterocycles. The summed E-state index contributed by atoms with van der Waals surface area (Å²) in [7, 11) is 0. The molecule has 3 heterocycles. The van der Waals surface area contributed by atoms with Crippen molar-refractivity contribution in [1.29, 1.82) is 0 Å². The minimum absolute atomic E-state index is 0.00601. The van der Waals surface area contributed by atoms with Crippen LogP contribution in [0.4, 0.5) is 5.95 Å². The van der Waals surface area contributed by atoms with Crippen LogP contribution in [-0.2, 0) is 9.59 Å². The van der Waals surface area contributed by atoms with Gasteiger partial charge >= 0.3 is 11.9 Å². The molecule has 1 fully saturated rings. The van der Waals surface area contributed by atoms with Gasteiger partial charge in [-0.2, -0.15) is 0 Å². The first kappa shape index (κ1) is 20.9. The van der Waals surface area contributed by atoms with Crippen LogP contribution < -0.4 is 4.90 Å². The second-order valence-electron chi connectivity index (χ2n) is 7.59. The number of aromatic hydroxyl groups is 1. The third-order valence-corrected chi connectivity index (χ3v) is 5.55. The van der Waals surface area contributed by atoms with Crippen LogP contribution in [0, 0.1) is 0 Å². The molecule has 1 aliphatic heterocycles. The number of aromatic amines is 1. The molecule has 34 heavy (non-hydrogen) atoms. The van der Waals surface area contributed by atoms with E-state index in [0.29, 0.717) is 22.2 Å². The summed E-state index contributed by atoms with van der Waals surface area (Å²) in [6.07, 6.45) is 2.89. The quantitative estimate of drug-likeness (QED) is 0.207. The number of amides is 1. The Labute approximate surface area is 191 Å². The number of aliphatic hydroxyl groups is 1. The number of carbonyl (C=O) groups is 3. The summed E-state index contributed by atoms with van der Waals surface area (Å²) in [5.74, 6) is -3.36. The van der Waals surface area contributed by atoms with Crippen molar-refractivity contribution in [2.45, 2.75) is 6.04 Å². The lowest BCUT2D eigenvalue weighted by Crippen LogP contribution is -2.30. The number of carboxylic acid groups (broad SMARTS) is 1. The highest BCUT2D eigenvalue weighted by molar-refractivity contribution is 6.51. The number of nitrogens with zero attached hydrogens (tertiary/aromatic N) is 3. The van der Waals surface area contributed by atoms with Crippen molar-refractivity contribution in [3.63, 3.8) is 0 Å². The fourth-order valence-corrected chi connectivity index (χ4v) is 3.93. The number of hydrogen-bond donors (Lipinski definition) is 4. The van der Waals surface area contributed by atoms with Crippen LogP contribution in [0.15, 0.2) is 72.6 Å². The van der Waals surface area contributed by atoms with Gasteiger partial charge in [0.15, 0.2) is 0 Å². The van der Waals surface area contributed by atoms with E-state index in [2.05, 4.69) is 15.0 Å². The number of nitrogens with one attached hydrogen (secondary N) is 1. The first-order valence-electron chi connectivity index (χ1n) is 10.1. The number of ketones is 1. The Morgan fingerprint density at radius 2 is 1.65 bits per heavy atom. The molecule has 168 valence electrons. The molecule has 1 saturated heterocycles. The largest absolute Gasteiger partial charge is 0.508 e. The zero-order valence-corrected chi connectivity index (χ0v) is 17.3. The maximum atomic E-state index is 13.2. The number of imidazole rings is 1. The summed E-state index contributed by atoms with van der Waals surface area (Å²) in [5.41, 5.74) is 1.36. The second-order valence-corrected chi connectivity index (χ2v) is 7.59. The summed E-state index contributed by atoms with van der Waals surface area (Å²) in [4.78, 5) is 49.9. The zero-order valence-electron chi connectivity index (χ0n) is 17.3. The van der Waals surface area contributed by atoms with Gasteiger partial charge in [-0.1, -0.05) is 12.1 Å². The smallest absolute Gasteiger partial charge is 0.335 e. The van der Waals surface area contributed by atoms with Crippen molar-refractivity contribution < 1.29 is 29.7 Å². The molecule has 0 radical (unpaired) electrons. The van der Waals surface area contributed by atoms with Gasteiger partial charge in [-0.3, -0.25) is 19.5 Å². The molecule has 0 aliphatic carbocycles. The molecule has 2 aromatic carbocycles. The van der Waals surface area contributed by atoms with Gasteiger partial charge in [0.25, 0.3) is 5.78 Å². The lowest BCUT2D eigenvalue weighted by atomic mass is 9.95. The molecule has 1 unspecified atom stereocenters. The molecule has 5 rings (SSSR count). The molecule has 4 aromatic rings. The topological polar surface area (TPSA) is 157 Å². The van der Waals surface area contributed by atoms with Gasteiger partial charge in [-0.25, -0.2) is 9.78 Å². The Morgan fingerprint density at radius 3 is 2.32 bits per heavy atom. The van der Waals surface area contributed by atoms with Crippen LogP contribution in [0.5, 0.6) is 5.75 Å². The summed E-state index contributed by atoms with van der Waals surface area (Å²) >= 11 is 0. The molecule has 0 bridgehead atoms. The van der Waals surface area contributed by atoms with E-state index in [9.17, 15) is 29.7 Å². The second kappa shape index (κ2) is 7.85. The lowest BCUT2D eigenvalue weighted by Gasteiger charge is -2.23. The van der Waals surface area contributed by atoms with Gasteiger partial charge in [0.1, 0.15) is 11.5 Å². The van der Waals surface area contributed by atoms with E-state index < -0.39 is 23.7 Å². The number of carboxylic acids is 1. The normalized spacial score (nSPS) is 17.4. The van der Waals surface area contributed by atoms with E-state index in [0.717, 1.165) is 4.90 Å². The maximum Gasteiger partial charge on any atom is 0.335 e. The number of phenolic OH excluding ortho intramolecular Hbond substituents is 1. The Morgan fingerprint density at radius 1 is 0.941 bits per heavy atom. The van der Waals surface area contributed by atoms with Crippen LogP contribution in [0.2, 0.25) is 0 Å². The highest BCUT2D eigenvalue weighted by atomic mass is 16.4. The fourth-order valence-electron chi connectivity index (χ4n) is 3.93. The van der Waals surface area contributed by atoms with Crippen molar-refractivity contribution in [3.8, 4) is 5.75 Å². The summed E-state index contributed by atoms with van der Waals surface area (Å²) in [6, 6.07) is 12.1. The number of aromatic carboxylic acids is 1. The van der Waals surface area contributed by atoms with Crippen LogP contribution in [-0.4, -0.2) is 47.9 Å². The van der Waals surface area contributed by atoms with E-state index in [4.69, 9.17) is 0 Å². The minimum Gasteiger partial charge on any atom is -0.508 e. The predicted molar refractivity (Wildman–Crippen MR) is 120 cm³/mol. The molecule has 10 nitrogen and oxygen atoms in total. The predicted octanol–water partition coefficient (Wildman–Crippen LogP) is 2.99. The van der Waals surface area contributed by atoms with E-state index in [1.807, 2.05) is 0 Å². The van der Waals surface area contributed by atoms with Crippen LogP contribution in [0.1, 0.15) is 27.5 Å². The van der Waals surface area contributed by atoms with Gasteiger partial charge in [-0.15, -0.1) is 0 Å². The molecular weight excluding hydrogens is 440 g/mol. The Hall–Kier alpha value is -4.99. The number of phenols is 1. The number of H-pyrrole nitrogens is 1. The van der Waals surface area contributed by atoms with Gasteiger partial charge in [0.2, 0.25) is 5.95 Å². The summed E-state index contributed by atoms with van der Waals surface area (Å²) in [6.45, 7) is 0. The Bertz CT molecular complexity index is 1490. The fraction of sp³-hybridized carbons (Fsp3) is 0.0417. The first-order valence-corrected chi connectivity index (χ1v) is 10.1. The standard InChI is InChI=1S/C24H16N4O6/c29-15-4-1-12(2-5-15)19-18(20(30)13-7-9-25-10-8-13)21(31)22(32)28(19)24-26-16-6-3-14(23(33)34)11-17(16)27-24/h1-11,19,29-30H,(H,26,27)(H,33,34)/b20-18+. The highest BCUT2D eigenvalue weighted by Gasteiger charge is 2.48. The van der Waals surface area contributed by atoms with E-state index in [1.165, 1.54) is 67.0 Å². The molecule has 4 N–H and O–H groups in total. The molecule has 0 saturated carbocycles. The van der Waals surface area contributed by atoms with Crippen LogP contribution in [0.3, 0.4) is 0 Å². The zero-order chi connectivity index (χ0) is 24.0. The van der Waals surface area contributed by atoms with E-state index in [-0.39, 0.29) is 28.6 Å². The number of aliphatic hydroxyl groups excluding tert-OH is 1. The van der Waals surface area contributed by atoms with E-state index in [1.54, 1.807) is 0 Å². The number of hydrogen-bond acceptors (Lipinski definition) is 7. The molecular formula is C24H16N4O6. The molecule has 10 heteroatoms. The van der Waals surface area contributed by atoms with Gasteiger partial charge in [0, 0.05) is 18.0 Å². The number of aromatic nitrogens is 3. The Balaban J connectivity index is 1.72. The third kappa shape index (κ3) is 3.34. The number of anilines is 1.